The zero-order valence-electron chi connectivity index (χ0n) is 14.7. The van der Waals surface area contributed by atoms with Crippen molar-refractivity contribution in [1.29, 1.82) is 0 Å². The average molecular weight is 370 g/mol. The largest absolute Gasteiger partial charge is 0.480 e. The summed E-state index contributed by atoms with van der Waals surface area (Å²) in [6, 6.07) is 16.4. The number of carbonyl (C=O) groups excluding carboxylic acids is 1. The highest BCUT2D eigenvalue weighted by Crippen LogP contribution is 2.08. The van der Waals surface area contributed by atoms with Crippen molar-refractivity contribution < 1.29 is 24.6 Å². The average Bonchev–Trinajstić information content (AvgIpc) is 2.66. The molecule has 0 aliphatic carbocycles. The van der Waals surface area contributed by atoms with E-state index in [1.54, 1.807) is 0 Å². The highest BCUT2D eigenvalue weighted by molar-refractivity contribution is 5.86. The number of hydrogen-bond donors (Lipinski definition) is 4. The van der Waals surface area contributed by atoms with E-state index in [0.29, 0.717) is 0 Å². The van der Waals surface area contributed by atoms with Gasteiger partial charge in [0.1, 0.15) is 12.6 Å². The SMILES string of the molecule is O=C(O)CNC(=O)C(Cc1ccccc1)N[C@@H](Cc1ccccc1)C(=O)O. The van der Waals surface area contributed by atoms with Crippen molar-refractivity contribution in [3.8, 4) is 0 Å². The normalized spacial score (nSPS) is 12.7. The van der Waals surface area contributed by atoms with E-state index in [4.69, 9.17) is 5.11 Å². The van der Waals surface area contributed by atoms with Crippen molar-refractivity contribution in [2.24, 2.45) is 0 Å². The van der Waals surface area contributed by atoms with Gasteiger partial charge in [0, 0.05) is 0 Å². The van der Waals surface area contributed by atoms with Crippen LogP contribution in [0.15, 0.2) is 60.7 Å². The molecular formula is C20H22N2O5. The van der Waals surface area contributed by atoms with E-state index < -0.39 is 36.5 Å². The predicted octanol–water partition coefficient (Wildman–Crippen LogP) is 1.08. The van der Waals surface area contributed by atoms with Crippen LogP contribution in [0.3, 0.4) is 0 Å². The number of hydrogen-bond acceptors (Lipinski definition) is 4. The van der Waals surface area contributed by atoms with Crippen LogP contribution in [0.4, 0.5) is 0 Å². The van der Waals surface area contributed by atoms with Crippen molar-refractivity contribution >= 4 is 17.8 Å². The van der Waals surface area contributed by atoms with Gasteiger partial charge >= 0.3 is 11.9 Å². The fraction of sp³-hybridized carbons (Fsp3) is 0.250. The zero-order valence-corrected chi connectivity index (χ0v) is 14.7. The van der Waals surface area contributed by atoms with Gasteiger partial charge in [-0.2, -0.15) is 0 Å². The molecule has 0 saturated heterocycles. The molecule has 0 spiro atoms. The van der Waals surface area contributed by atoms with Crippen LogP contribution in [0.2, 0.25) is 0 Å². The summed E-state index contributed by atoms with van der Waals surface area (Å²) >= 11 is 0. The predicted molar refractivity (Wildman–Crippen MR) is 99.3 cm³/mol. The quantitative estimate of drug-likeness (QED) is 0.497. The van der Waals surface area contributed by atoms with E-state index in [1.165, 1.54) is 0 Å². The van der Waals surface area contributed by atoms with Gasteiger partial charge in [0.25, 0.3) is 0 Å². The molecule has 4 N–H and O–H groups in total. The molecule has 0 radical (unpaired) electrons. The van der Waals surface area contributed by atoms with Gasteiger partial charge in [-0.15, -0.1) is 0 Å². The van der Waals surface area contributed by atoms with E-state index in [2.05, 4.69) is 10.6 Å². The number of carbonyl (C=O) groups is 3. The molecule has 0 aromatic heterocycles. The van der Waals surface area contributed by atoms with Gasteiger partial charge in [0.05, 0.1) is 6.04 Å². The lowest BCUT2D eigenvalue weighted by molar-refractivity contribution is -0.141. The summed E-state index contributed by atoms with van der Waals surface area (Å²) in [5.41, 5.74) is 1.66. The van der Waals surface area contributed by atoms with E-state index in [0.717, 1.165) is 11.1 Å². The molecule has 7 heteroatoms. The second-order valence-corrected chi connectivity index (χ2v) is 6.10. The first-order valence-electron chi connectivity index (χ1n) is 8.52. The first-order chi connectivity index (χ1) is 13.0. The summed E-state index contributed by atoms with van der Waals surface area (Å²) < 4.78 is 0. The Morgan fingerprint density at radius 2 is 1.26 bits per heavy atom. The Hall–Kier alpha value is -3.19. The summed E-state index contributed by atoms with van der Waals surface area (Å²) in [5, 5.41) is 23.5. The van der Waals surface area contributed by atoms with Gasteiger partial charge in [-0.3, -0.25) is 19.7 Å². The monoisotopic (exact) mass is 370 g/mol. The van der Waals surface area contributed by atoms with Crippen LogP contribution in [-0.4, -0.2) is 46.7 Å². The number of aliphatic carboxylic acids is 2. The second-order valence-electron chi connectivity index (χ2n) is 6.10. The van der Waals surface area contributed by atoms with Gasteiger partial charge in [0.2, 0.25) is 5.91 Å². The maximum atomic E-state index is 12.4. The lowest BCUT2D eigenvalue weighted by Crippen LogP contribution is -2.53. The number of nitrogens with one attached hydrogen (secondary N) is 2. The van der Waals surface area contributed by atoms with Crippen LogP contribution in [-0.2, 0) is 27.2 Å². The smallest absolute Gasteiger partial charge is 0.322 e. The number of rotatable bonds is 10. The Labute approximate surface area is 157 Å². The third kappa shape index (κ3) is 6.91. The summed E-state index contributed by atoms with van der Waals surface area (Å²) in [7, 11) is 0. The van der Waals surface area contributed by atoms with Gasteiger partial charge in [-0.1, -0.05) is 60.7 Å². The number of amides is 1. The number of benzene rings is 2. The molecule has 0 saturated carbocycles. The van der Waals surface area contributed by atoms with E-state index in [-0.39, 0.29) is 12.8 Å². The first kappa shape index (κ1) is 20.1. The highest BCUT2D eigenvalue weighted by atomic mass is 16.4. The van der Waals surface area contributed by atoms with E-state index in [1.807, 2.05) is 60.7 Å². The Balaban J connectivity index is 2.15. The fourth-order valence-electron chi connectivity index (χ4n) is 2.67. The van der Waals surface area contributed by atoms with Crippen LogP contribution in [0.5, 0.6) is 0 Å². The van der Waals surface area contributed by atoms with E-state index in [9.17, 15) is 19.5 Å². The lowest BCUT2D eigenvalue weighted by atomic mass is 10.0. The molecule has 142 valence electrons. The van der Waals surface area contributed by atoms with Gasteiger partial charge in [0.15, 0.2) is 0 Å². The van der Waals surface area contributed by atoms with Crippen LogP contribution in [0.1, 0.15) is 11.1 Å². The van der Waals surface area contributed by atoms with Crippen molar-refractivity contribution in [1.82, 2.24) is 10.6 Å². The van der Waals surface area contributed by atoms with Crippen LogP contribution >= 0.6 is 0 Å². The zero-order chi connectivity index (χ0) is 19.6. The molecular weight excluding hydrogens is 348 g/mol. The Kier molecular flexibility index (Phi) is 7.51. The van der Waals surface area contributed by atoms with Crippen LogP contribution < -0.4 is 10.6 Å². The fourth-order valence-corrected chi connectivity index (χ4v) is 2.67. The minimum Gasteiger partial charge on any atom is -0.480 e. The molecule has 2 rings (SSSR count). The molecule has 2 aromatic carbocycles. The second kappa shape index (κ2) is 10.1. The highest BCUT2D eigenvalue weighted by Gasteiger charge is 2.27. The molecule has 2 atom stereocenters. The molecule has 27 heavy (non-hydrogen) atoms. The third-order valence-corrected chi connectivity index (χ3v) is 4.00. The molecule has 0 bridgehead atoms. The van der Waals surface area contributed by atoms with Crippen molar-refractivity contribution in [2.45, 2.75) is 24.9 Å². The van der Waals surface area contributed by atoms with E-state index >= 15 is 0 Å². The standard InChI is InChI=1S/C20H22N2O5/c23-18(24)13-21-19(25)16(11-14-7-3-1-4-8-14)22-17(20(26)27)12-15-9-5-2-6-10-15/h1-10,16-17,22H,11-13H2,(H,21,25)(H,23,24)(H,26,27)/t16?,17-/m0/s1. The van der Waals surface area contributed by atoms with Crippen LogP contribution in [0.25, 0.3) is 0 Å². The Morgan fingerprint density at radius 3 is 1.70 bits per heavy atom. The summed E-state index contributed by atoms with van der Waals surface area (Å²) in [4.78, 5) is 34.9. The molecule has 1 unspecified atom stereocenters. The minimum absolute atomic E-state index is 0.202. The maximum Gasteiger partial charge on any atom is 0.322 e. The van der Waals surface area contributed by atoms with Gasteiger partial charge in [-0.25, -0.2) is 0 Å². The molecule has 0 aliphatic rings. The van der Waals surface area contributed by atoms with Crippen LogP contribution in [0, 0.1) is 0 Å². The topological polar surface area (TPSA) is 116 Å². The Bertz CT molecular complexity index is 764. The Morgan fingerprint density at radius 1 is 0.778 bits per heavy atom. The molecule has 0 fully saturated rings. The third-order valence-electron chi connectivity index (χ3n) is 4.00. The lowest BCUT2D eigenvalue weighted by Gasteiger charge is -2.23. The molecule has 1 amide bonds. The molecule has 0 heterocycles. The van der Waals surface area contributed by atoms with Crippen molar-refractivity contribution in [3.05, 3.63) is 71.8 Å². The molecule has 2 aromatic rings. The molecule has 0 aliphatic heterocycles. The van der Waals surface area contributed by atoms with Gasteiger partial charge < -0.3 is 15.5 Å². The molecule has 7 nitrogen and oxygen atoms in total. The summed E-state index contributed by atoms with van der Waals surface area (Å²) in [6.07, 6.45) is 0.443. The number of carboxylic acids is 2. The summed E-state index contributed by atoms with van der Waals surface area (Å²) in [5.74, 6) is -2.80. The minimum atomic E-state index is -1.17. The first-order valence-corrected chi connectivity index (χ1v) is 8.52. The van der Waals surface area contributed by atoms with Crippen molar-refractivity contribution in [2.75, 3.05) is 6.54 Å². The van der Waals surface area contributed by atoms with Crippen molar-refractivity contribution in [3.63, 3.8) is 0 Å². The summed E-state index contributed by atoms with van der Waals surface area (Å²) in [6.45, 7) is -0.526. The number of carboxylic acid groups (broad SMARTS) is 2. The van der Waals surface area contributed by atoms with Gasteiger partial charge in [-0.05, 0) is 24.0 Å². The maximum absolute atomic E-state index is 12.4.